The van der Waals surface area contributed by atoms with Crippen molar-refractivity contribution in [1.29, 1.82) is 0 Å². The maximum absolute atomic E-state index is 12.8. The second kappa shape index (κ2) is 6.52. The number of carbonyl (C=O) groups is 1. The number of hydrogen-bond donors (Lipinski definition) is 0. The SMILES string of the molecule is O=C(c1ccnnc1)N1CCO[C@H]2[C@H]1CC[C@H]2Oc1cccnc1. The molecule has 0 radical (unpaired) electrons. The lowest BCUT2D eigenvalue weighted by molar-refractivity contribution is -0.0786. The Morgan fingerprint density at radius 2 is 2.17 bits per heavy atom. The standard InChI is InChI=1S/C17H18N4O3/c22-17(12-5-7-19-20-10-12)21-8-9-23-16-14(21)3-4-15(16)24-13-2-1-6-18-11-13/h1-2,5-7,10-11,14-16H,3-4,8-9H2/t14-,15-,16+/m1/s1. The van der Waals surface area contributed by atoms with Gasteiger partial charge in [-0.25, -0.2) is 0 Å². The number of nitrogens with zero attached hydrogens (tertiary/aromatic N) is 4. The van der Waals surface area contributed by atoms with Crippen LogP contribution in [0.25, 0.3) is 0 Å². The lowest BCUT2D eigenvalue weighted by Gasteiger charge is -2.39. The van der Waals surface area contributed by atoms with E-state index in [1.807, 2.05) is 17.0 Å². The van der Waals surface area contributed by atoms with Crippen LogP contribution in [0.2, 0.25) is 0 Å². The fourth-order valence-corrected chi connectivity index (χ4v) is 3.47. The number of rotatable bonds is 3. The molecule has 1 aliphatic carbocycles. The molecule has 3 atom stereocenters. The maximum Gasteiger partial charge on any atom is 0.255 e. The first-order chi connectivity index (χ1) is 11.8. The van der Waals surface area contributed by atoms with E-state index in [9.17, 15) is 4.79 Å². The average molecular weight is 326 g/mol. The van der Waals surface area contributed by atoms with Gasteiger partial charge in [0.2, 0.25) is 0 Å². The highest BCUT2D eigenvalue weighted by molar-refractivity contribution is 5.94. The van der Waals surface area contributed by atoms with Gasteiger partial charge in [0, 0.05) is 12.7 Å². The van der Waals surface area contributed by atoms with Gasteiger partial charge in [0.15, 0.2) is 0 Å². The molecule has 1 saturated heterocycles. The van der Waals surface area contributed by atoms with Crippen LogP contribution in [0, 0.1) is 0 Å². The van der Waals surface area contributed by atoms with Crippen molar-refractivity contribution in [2.75, 3.05) is 13.2 Å². The zero-order valence-electron chi connectivity index (χ0n) is 13.1. The van der Waals surface area contributed by atoms with Crippen molar-refractivity contribution < 1.29 is 14.3 Å². The molecular weight excluding hydrogens is 308 g/mol. The summed E-state index contributed by atoms with van der Waals surface area (Å²) in [6.07, 6.45) is 7.98. The minimum atomic E-state index is -0.113. The molecule has 1 amide bonds. The summed E-state index contributed by atoms with van der Waals surface area (Å²) in [4.78, 5) is 18.7. The average Bonchev–Trinajstić information content (AvgIpc) is 3.06. The van der Waals surface area contributed by atoms with E-state index in [4.69, 9.17) is 9.47 Å². The number of hydrogen-bond acceptors (Lipinski definition) is 6. The smallest absolute Gasteiger partial charge is 0.255 e. The van der Waals surface area contributed by atoms with Crippen LogP contribution >= 0.6 is 0 Å². The van der Waals surface area contributed by atoms with Gasteiger partial charge >= 0.3 is 0 Å². The number of carbonyl (C=O) groups excluding carboxylic acids is 1. The number of amides is 1. The van der Waals surface area contributed by atoms with Gasteiger partial charge in [-0.05, 0) is 31.0 Å². The second-order valence-electron chi connectivity index (χ2n) is 5.95. The van der Waals surface area contributed by atoms with E-state index in [1.54, 1.807) is 18.5 Å². The number of ether oxygens (including phenoxy) is 2. The highest BCUT2D eigenvalue weighted by Gasteiger charge is 2.45. The van der Waals surface area contributed by atoms with Gasteiger partial charge in [-0.1, -0.05) is 0 Å². The molecule has 2 aromatic rings. The molecule has 7 nitrogen and oxygen atoms in total. The molecule has 0 unspecified atom stereocenters. The summed E-state index contributed by atoms with van der Waals surface area (Å²) in [6, 6.07) is 5.45. The lowest BCUT2D eigenvalue weighted by atomic mass is 10.1. The highest BCUT2D eigenvalue weighted by atomic mass is 16.5. The van der Waals surface area contributed by atoms with Crippen LogP contribution in [0.3, 0.4) is 0 Å². The van der Waals surface area contributed by atoms with Gasteiger partial charge in [-0.15, -0.1) is 0 Å². The van der Waals surface area contributed by atoms with Crippen molar-refractivity contribution in [2.45, 2.75) is 31.1 Å². The molecule has 2 fully saturated rings. The summed E-state index contributed by atoms with van der Waals surface area (Å²) in [7, 11) is 0. The molecule has 7 heteroatoms. The van der Waals surface area contributed by atoms with Crippen molar-refractivity contribution in [3.05, 3.63) is 48.5 Å². The molecule has 0 spiro atoms. The van der Waals surface area contributed by atoms with Crippen LogP contribution < -0.4 is 4.74 Å². The van der Waals surface area contributed by atoms with Crippen LogP contribution in [-0.4, -0.2) is 57.4 Å². The van der Waals surface area contributed by atoms with Crippen molar-refractivity contribution in [3.8, 4) is 5.75 Å². The topological polar surface area (TPSA) is 77.4 Å². The first kappa shape index (κ1) is 15.0. The minimum absolute atomic E-state index is 0.0229. The third-order valence-corrected chi connectivity index (χ3v) is 4.55. The monoisotopic (exact) mass is 326 g/mol. The van der Waals surface area contributed by atoms with E-state index >= 15 is 0 Å². The van der Waals surface area contributed by atoms with Crippen molar-refractivity contribution in [2.24, 2.45) is 0 Å². The molecule has 124 valence electrons. The van der Waals surface area contributed by atoms with E-state index in [0.717, 1.165) is 18.6 Å². The Kier molecular flexibility index (Phi) is 4.08. The maximum atomic E-state index is 12.8. The Labute approximate surface area is 139 Å². The highest BCUT2D eigenvalue weighted by Crippen LogP contribution is 2.33. The molecule has 0 aromatic carbocycles. The molecule has 2 aliphatic rings. The summed E-state index contributed by atoms with van der Waals surface area (Å²) >= 11 is 0. The van der Waals surface area contributed by atoms with Crippen molar-refractivity contribution in [1.82, 2.24) is 20.1 Å². The zero-order valence-corrected chi connectivity index (χ0v) is 13.1. The van der Waals surface area contributed by atoms with Crippen LogP contribution in [0.5, 0.6) is 5.75 Å². The predicted octanol–water partition coefficient (Wildman–Crippen LogP) is 1.32. The molecule has 3 heterocycles. The fraction of sp³-hybridized carbons (Fsp3) is 0.412. The lowest BCUT2D eigenvalue weighted by Crippen LogP contribution is -2.54. The van der Waals surface area contributed by atoms with Gasteiger partial charge < -0.3 is 14.4 Å². The molecule has 0 bridgehead atoms. The van der Waals surface area contributed by atoms with Crippen LogP contribution in [0.1, 0.15) is 23.2 Å². The summed E-state index contributed by atoms with van der Waals surface area (Å²) < 4.78 is 12.0. The Hall–Kier alpha value is -2.54. The molecule has 24 heavy (non-hydrogen) atoms. The Morgan fingerprint density at radius 1 is 1.21 bits per heavy atom. The number of pyridine rings is 1. The van der Waals surface area contributed by atoms with Crippen molar-refractivity contribution >= 4 is 5.91 Å². The van der Waals surface area contributed by atoms with E-state index in [1.165, 1.54) is 12.4 Å². The molecule has 2 aromatic heterocycles. The van der Waals surface area contributed by atoms with Gasteiger partial charge in [-0.3, -0.25) is 9.78 Å². The first-order valence-corrected chi connectivity index (χ1v) is 8.09. The quantitative estimate of drug-likeness (QED) is 0.847. The van der Waals surface area contributed by atoms with Crippen molar-refractivity contribution in [3.63, 3.8) is 0 Å². The Balaban J connectivity index is 1.49. The Morgan fingerprint density at radius 3 is 2.96 bits per heavy atom. The summed E-state index contributed by atoms with van der Waals surface area (Å²) in [5.41, 5.74) is 0.558. The van der Waals surface area contributed by atoms with Gasteiger partial charge in [-0.2, -0.15) is 10.2 Å². The second-order valence-corrected chi connectivity index (χ2v) is 5.95. The normalized spacial score (nSPS) is 26.0. The molecule has 4 rings (SSSR count). The first-order valence-electron chi connectivity index (χ1n) is 8.09. The summed E-state index contributed by atoms with van der Waals surface area (Å²) in [5, 5.41) is 7.52. The minimum Gasteiger partial charge on any atom is -0.486 e. The largest absolute Gasteiger partial charge is 0.486 e. The summed E-state index contributed by atoms with van der Waals surface area (Å²) in [5.74, 6) is 0.707. The van der Waals surface area contributed by atoms with Crippen LogP contribution in [-0.2, 0) is 4.74 Å². The van der Waals surface area contributed by atoms with Gasteiger partial charge in [0.05, 0.1) is 36.8 Å². The molecule has 1 aliphatic heterocycles. The van der Waals surface area contributed by atoms with E-state index in [-0.39, 0.29) is 24.2 Å². The fourth-order valence-electron chi connectivity index (χ4n) is 3.47. The Bertz CT molecular complexity index is 697. The molecule has 1 saturated carbocycles. The zero-order chi connectivity index (χ0) is 16.4. The van der Waals surface area contributed by atoms with Gasteiger partial charge in [0.25, 0.3) is 5.91 Å². The number of morpholine rings is 1. The third kappa shape index (κ3) is 2.82. The third-order valence-electron chi connectivity index (χ3n) is 4.55. The number of aromatic nitrogens is 3. The molecule has 0 N–H and O–H groups in total. The van der Waals surface area contributed by atoms with Gasteiger partial charge in [0.1, 0.15) is 18.0 Å². The van der Waals surface area contributed by atoms with E-state index in [0.29, 0.717) is 18.7 Å². The van der Waals surface area contributed by atoms with Crippen LogP contribution in [0.15, 0.2) is 43.0 Å². The van der Waals surface area contributed by atoms with Crippen LogP contribution in [0.4, 0.5) is 0 Å². The van der Waals surface area contributed by atoms with E-state index in [2.05, 4.69) is 15.2 Å². The predicted molar refractivity (Wildman–Crippen MR) is 84.5 cm³/mol. The number of fused-ring (bicyclic) bond motifs is 1. The van der Waals surface area contributed by atoms with E-state index < -0.39 is 0 Å². The molecular formula is C17H18N4O3. The summed E-state index contributed by atoms with van der Waals surface area (Å²) in [6.45, 7) is 1.10.